The van der Waals surface area contributed by atoms with Crippen molar-refractivity contribution in [2.75, 3.05) is 12.8 Å². The number of nitrogen functional groups attached to an aromatic ring is 1. The van der Waals surface area contributed by atoms with Gasteiger partial charge in [0.2, 0.25) is 10.0 Å². The first-order valence-electron chi connectivity index (χ1n) is 5.55. The second-order valence-corrected chi connectivity index (χ2v) is 7.19. The first-order valence-corrected chi connectivity index (χ1v) is 7.87. The Morgan fingerprint density at radius 2 is 2.00 bits per heavy atom. The lowest BCUT2D eigenvalue weighted by Crippen LogP contribution is -2.27. The Kier molecular flexibility index (Phi) is 4.07. The molecule has 2 N–H and O–H groups in total. The zero-order valence-corrected chi connectivity index (χ0v) is 12.1. The van der Waals surface area contributed by atoms with Gasteiger partial charge in [-0.3, -0.25) is 0 Å². The molecule has 0 aliphatic carbocycles. The largest absolute Gasteiger partial charge is 0.396 e. The Bertz CT molecular complexity index is 715. The van der Waals surface area contributed by atoms with Gasteiger partial charge in [0.15, 0.2) is 0 Å². The highest BCUT2D eigenvalue weighted by Crippen LogP contribution is 2.25. The fourth-order valence-electron chi connectivity index (χ4n) is 1.62. The zero-order valence-electron chi connectivity index (χ0n) is 10.5. The molecule has 2 aromatic rings. The molecule has 0 saturated heterocycles. The van der Waals surface area contributed by atoms with E-state index in [0.717, 1.165) is 15.2 Å². The van der Waals surface area contributed by atoms with E-state index in [1.807, 2.05) is 5.38 Å². The average molecular weight is 318 g/mol. The predicted octanol–water partition coefficient (Wildman–Crippen LogP) is 2.43. The van der Waals surface area contributed by atoms with E-state index in [0.29, 0.717) is 6.07 Å². The molecular formula is C12H12F2N2O2S2. The average Bonchev–Trinajstić information content (AvgIpc) is 2.86. The van der Waals surface area contributed by atoms with Crippen molar-refractivity contribution in [2.24, 2.45) is 0 Å². The van der Waals surface area contributed by atoms with Crippen molar-refractivity contribution in [1.82, 2.24) is 4.31 Å². The number of rotatable bonds is 4. The summed E-state index contributed by atoms with van der Waals surface area (Å²) in [7, 11) is -2.74. The summed E-state index contributed by atoms with van der Waals surface area (Å²) in [6, 6.07) is 4.83. The van der Waals surface area contributed by atoms with Crippen LogP contribution in [0.2, 0.25) is 0 Å². The second-order valence-electron chi connectivity index (χ2n) is 4.14. The lowest BCUT2D eigenvalue weighted by Gasteiger charge is -2.17. The van der Waals surface area contributed by atoms with Gasteiger partial charge in [-0.05, 0) is 17.5 Å². The number of thiophene rings is 1. The van der Waals surface area contributed by atoms with Gasteiger partial charge in [-0.15, -0.1) is 11.3 Å². The van der Waals surface area contributed by atoms with E-state index in [1.165, 1.54) is 18.4 Å². The van der Waals surface area contributed by atoms with Gasteiger partial charge in [0.1, 0.15) is 16.5 Å². The summed E-state index contributed by atoms with van der Waals surface area (Å²) in [6.07, 6.45) is 0. The summed E-state index contributed by atoms with van der Waals surface area (Å²) in [5.41, 5.74) is 4.89. The smallest absolute Gasteiger partial charge is 0.246 e. The van der Waals surface area contributed by atoms with Gasteiger partial charge in [0.25, 0.3) is 0 Å². The van der Waals surface area contributed by atoms with Gasteiger partial charge in [0, 0.05) is 24.5 Å². The summed E-state index contributed by atoms with van der Waals surface area (Å²) < 4.78 is 52.3. The fourth-order valence-corrected chi connectivity index (χ4v) is 3.68. The van der Waals surface area contributed by atoms with Crippen molar-refractivity contribution in [2.45, 2.75) is 11.4 Å². The summed E-state index contributed by atoms with van der Waals surface area (Å²) in [6.45, 7) is 0.108. The third-order valence-corrected chi connectivity index (χ3v) is 5.38. The Hall–Kier alpha value is -1.51. The topological polar surface area (TPSA) is 63.4 Å². The maximum atomic E-state index is 13.7. The fraction of sp³-hybridized carbons (Fsp3) is 0.167. The van der Waals surface area contributed by atoms with Crippen LogP contribution in [0.15, 0.2) is 34.5 Å². The Morgan fingerprint density at radius 3 is 2.60 bits per heavy atom. The third kappa shape index (κ3) is 2.82. The lowest BCUT2D eigenvalue weighted by molar-refractivity contribution is 0.461. The molecule has 0 aliphatic rings. The minimum atomic E-state index is -4.07. The van der Waals surface area contributed by atoms with Crippen molar-refractivity contribution in [1.29, 1.82) is 0 Å². The summed E-state index contributed by atoms with van der Waals surface area (Å²) in [5.74, 6) is -2.14. The van der Waals surface area contributed by atoms with Crippen LogP contribution in [0.25, 0.3) is 0 Å². The molecule has 1 aromatic carbocycles. The molecule has 0 saturated carbocycles. The zero-order chi connectivity index (χ0) is 14.9. The molecule has 2 rings (SSSR count). The van der Waals surface area contributed by atoms with Gasteiger partial charge in [-0.1, -0.05) is 6.07 Å². The second kappa shape index (κ2) is 5.47. The first-order chi connectivity index (χ1) is 9.32. The van der Waals surface area contributed by atoms with Crippen LogP contribution >= 0.6 is 11.3 Å². The number of anilines is 1. The maximum absolute atomic E-state index is 13.7. The molecule has 1 aromatic heterocycles. The molecule has 0 fully saturated rings. The van der Waals surface area contributed by atoms with E-state index >= 15 is 0 Å². The highest BCUT2D eigenvalue weighted by molar-refractivity contribution is 7.89. The lowest BCUT2D eigenvalue weighted by atomic mass is 10.3. The SMILES string of the molecule is CN(Cc1cccs1)S(=O)(=O)c1cc(N)c(F)cc1F. The number of hydrogen-bond donors (Lipinski definition) is 1. The summed E-state index contributed by atoms with van der Waals surface area (Å²) >= 11 is 1.39. The standard InChI is InChI=1S/C12H12F2N2O2S2/c1-16(7-8-3-2-4-19-8)20(17,18)12-6-11(15)9(13)5-10(12)14/h2-6H,7,15H2,1H3. The molecule has 0 spiro atoms. The molecular weight excluding hydrogens is 306 g/mol. The van der Waals surface area contributed by atoms with Crippen LogP contribution in [-0.2, 0) is 16.6 Å². The van der Waals surface area contributed by atoms with Gasteiger partial charge in [0.05, 0.1) is 5.69 Å². The monoisotopic (exact) mass is 318 g/mol. The van der Waals surface area contributed by atoms with Crippen LogP contribution in [0.5, 0.6) is 0 Å². The number of benzene rings is 1. The molecule has 20 heavy (non-hydrogen) atoms. The minimum absolute atomic E-state index is 0.108. The summed E-state index contributed by atoms with van der Waals surface area (Å²) in [4.78, 5) is 0.182. The van der Waals surface area contributed by atoms with Crippen molar-refractivity contribution >= 4 is 27.0 Å². The quantitative estimate of drug-likeness (QED) is 0.881. The van der Waals surface area contributed by atoms with E-state index in [2.05, 4.69) is 0 Å². The van der Waals surface area contributed by atoms with E-state index in [4.69, 9.17) is 5.73 Å². The van der Waals surface area contributed by atoms with E-state index in [9.17, 15) is 17.2 Å². The van der Waals surface area contributed by atoms with E-state index < -0.39 is 32.2 Å². The van der Waals surface area contributed by atoms with Gasteiger partial charge in [-0.25, -0.2) is 17.2 Å². The Balaban J connectivity index is 2.37. The van der Waals surface area contributed by atoms with Gasteiger partial charge in [-0.2, -0.15) is 4.31 Å². The first kappa shape index (κ1) is 14.9. The van der Waals surface area contributed by atoms with Crippen LogP contribution in [0.4, 0.5) is 14.5 Å². The van der Waals surface area contributed by atoms with Crippen molar-refractivity contribution in [3.05, 3.63) is 46.2 Å². The number of sulfonamides is 1. The molecule has 8 heteroatoms. The number of nitrogens with two attached hydrogens (primary N) is 1. The molecule has 0 atom stereocenters. The number of hydrogen-bond acceptors (Lipinski definition) is 4. The van der Waals surface area contributed by atoms with Crippen molar-refractivity contribution < 1.29 is 17.2 Å². The molecule has 1 heterocycles. The number of nitrogens with zero attached hydrogens (tertiary/aromatic N) is 1. The van der Waals surface area contributed by atoms with Crippen LogP contribution in [0, 0.1) is 11.6 Å². The highest BCUT2D eigenvalue weighted by Gasteiger charge is 2.26. The molecule has 0 bridgehead atoms. The highest BCUT2D eigenvalue weighted by atomic mass is 32.2. The Labute approximate surface area is 119 Å². The van der Waals surface area contributed by atoms with Crippen LogP contribution in [-0.4, -0.2) is 19.8 Å². The van der Waals surface area contributed by atoms with Crippen molar-refractivity contribution in [3.63, 3.8) is 0 Å². The van der Waals surface area contributed by atoms with Crippen LogP contribution in [0.1, 0.15) is 4.88 Å². The molecule has 0 amide bonds. The van der Waals surface area contributed by atoms with Gasteiger partial charge < -0.3 is 5.73 Å². The van der Waals surface area contributed by atoms with E-state index in [-0.39, 0.29) is 6.54 Å². The number of halogens is 2. The molecule has 0 radical (unpaired) electrons. The minimum Gasteiger partial charge on any atom is -0.396 e. The van der Waals surface area contributed by atoms with Gasteiger partial charge >= 0.3 is 0 Å². The Morgan fingerprint density at radius 1 is 1.30 bits per heavy atom. The van der Waals surface area contributed by atoms with Crippen molar-refractivity contribution in [3.8, 4) is 0 Å². The van der Waals surface area contributed by atoms with E-state index in [1.54, 1.807) is 12.1 Å². The summed E-state index contributed by atoms with van der Waals surface area (Å²) in [5, 5.41) is 1.81. The van der Waals surface area contributed by atoms with Crippen LogP contribution in [0.3, 0.4) is 0 Å². The molecule has 108 valence electrons. The molecule has 4 nitrogen and oxygen atoms in total. The maximum Gasteiger partial charge on any atom is 0.246 e. The molecule has 0 aliphatic heterocycles. The molecule has 0 unspecified atom stereocenters. The normalized spacial score (nSPS) is 12.0. The third-order valence-electron chi connectivity index (χ3n) is 2.70. The van der Waals surface area contributed by atoms with Crippen LogP contribution < -0.4 is 5.73 Å². The predicted molar refractivity (Wildman–Crippen MR) is 73.7 cm³/mol.